The van der Waals surface area contributed by atoms with Crippen LogP contribution < -0.4 is 0 Å². The Bertz CT molecular complexity index is 3230. The summed E-state index contributed by atoms with van der Waals surface area (Å²) >= 11 is 3.13. The Morgan fingerprint density at radius 3 is 1.42 bits per heavy atom. The first-order valence-corrected chi connectivity index (χ1v) is 33.6. The van der Waals surface area contributed by atoms with Gasteiger partial charge in [0.05, 0.1) is 12.9 Å². The van der Waals surface area contributed by atoms with Crippen LogP contribution in [0, 0.1) is 5.41 Å². The fraction of sp³-hybridized carbons (Fsp3) is 0.449. The number of hydrogen-bond acceptors (Lipinski definition) is 18. The number of carboxylic acid groups (broad SMARTS) is 1. The van der Waals surface area contributed by atoms with Crippen LogP contribution in [0.25, 0.3) is 0 Å². The van der Waals surface area contributed by atoms with Gasteiger partial charge in [-0.25, -0.2) is 37.5 Å². The van der Waals surface area contributed by atoms with Crippen LogP contribution in [0.1, 0.15) is 142 Å². The molecule has 0 saturated carbocycles. The maximum atomic E-state index is 12.5. The van der Waals surface area contributed by atoms with Gasteiger partial charge in [-0.15, -0.1) is 32.9 Å². The lowest BCUT2D eigenvalue weighted by atomic mass is 9.94. The van der Waals surface area contributed by atoms with Gasteiger partial charge in [-0.2, -0.15) is 0 Å². The molecular weight excluding hydrogens is 1360 g/mol. The zero-order chi connectivity index (χ0) is 75.1. The highest BCUT2D eigenvalue weighted by Crippen LogP contribution is 2.37. The Morgan fingerprint density at radius 2 is 1.06 bits per heavy atom. The second kappa shape index (κ2) is 43.4. The summed E-state index contributed by atoms with van der Waals surface area (Å²) < 4.78 is 77.4. The van der Waals surface area contributed by atoms with Crippen molar-refractivity contribution < 1.29 is 99.9 Å². The summed E-state index contributed by atoms with van der Waals surface area (Å²) in [6.07, 6.45) is 14.0. The van der Waals surface area contributed by atoms with Crippen LogP contribution in [0.5, 0.6) is 0 Å². The molecule has 0 bridgehead atoms. The molecule has 8 rings (SSSR count). The van der Waals surface area contributed by atoms with E-state index in [0.29, 0.717) is 45.3 Å². The lowest BCUT2D eigenvalue weighted by Gasteiger charge is -2.33. The largest absolute Gasteiger partial charge is 0.484 e. The number of carboxylic acids is 1. The highest BCUT2D eigenvalue weighted by Gasteiger charge is 2.50. The molecule has 4 aliphatic rings. The molecule has 3 saturated heterocycles. The average Bonchev–Trinajstić information content (AvgIpc) is 1.60. The van der Waals surface area contributed by atoms with Crippen molar-refractivity contribution in [2.45, 2.75) is 192 Å². The van der Waals surface area contributed by atoms with Gasteiger partial charge in [0, 0.05) is 49.3 Å². The number of rotatable bonds is 23. The minimum absolute atomic E-state index is 0.00304. The molecule has 3 fully saturated rings. The molecule has 0 radical (unpaired) electrons. The number of esters is 5. The average molecular weight is 1460 g/mol. The molecule has 0 spiro atoms. The van der Waals surface area contributed by atoms with E-state index in [0.717, 1.165) is 34.0 Å². The minimum Gasteiger partial charge on any atom is -0.484 e. The van der Waals surface area contributed by atoms with Crippen LogP contribution in [0.4, 0.5) is 8.78 Å². The lowest BCUT2D eigenvalue weighted by Crippen LogP contribution is -2.47. The quantitative estimate of drug-likeness (QED) is 0.0303. The predicted molar refractivity (Wildman–Crippen MR) is 380 cm³/mol. The van der Waals surface area contributed by atoms with Crippen molar-refractivity contribution in [2.75, 3.05) is 25.2 Å². The molecule has 2 N–H and O–H groups in total. The lowest BCUT2D eigenvalue weighted by molar-refractivity contribution is -0.201. The van der Waals surface area contributed by atoms with Gasteiger partial charge in [0.25, 0.3) is 5.92 Å². The number of ketones is 1. The number of benzene rings is 4. The molecule has 0 unspecified atom stereocenters. The van der Waals surface area contributed by atoms with E-state index in [9.17, 15) is 47.4 Å². The number of carbonyl (C=O) groups excluding carboxylic acids is 6. The van der Waals surface area contributed by atoms with E-state index in [1.165, 1.54) is 19.9 Å². The molecule has 4 aromatic carbocycles. The van der Waals surface area contributed by atoms with E-state index < -0.39 is 82.7 Å². The Balaban J connectivity index is 0.000000405. The maximum absolute atomic E-state index is 12.5. The normalized spacial score (nSPS) is 21.9. The minimum atomic E-state index is -2.87. The zero-order valence-electron chi connectivity index (χ0n) is 59.2. The third-order valence-electron chi connectivity index (χ3n) is 15.2. The Kier molecular flexibility index (Phi) is 38.1. The number of aliphatic carboxylic acids is 1. The fourth-order valence-corrected chi connectivity index (χ4v) is 8.64. The molecule has 19 nitrogen and oxygen atoms in total. The van der Waals surface area contributed by atoms with Gasteiger partial charge in [0.1, 0.15) is 39.6 Å². The zero-order valence-corrected chi connectivity index (χ0v) is 60.8. The highest BCUT2D eigenvalue weighted by molar-refractivity contribution is 9.09. The van der Waals surface area contributed by atoms with E-state index in [-0.39, 0.29) is 62.4 Å². The molecule has 0 amide bonds. The van der Waals surface area contributed by atoms with E-state index in [2.05, 4.69) is 53.6 Å². The third-order valence-corrected chi connectivity index (χ3v) is 15.7. The summed E-state index contributed by atoms with van der Waals surface area (Å²) in [4.78, 5) is 80.6. The van der Waals surface area contributed by atoms with Gasteiger partial charge in [0.15, 0.2) is 33.8 Å². The van der Waals surface area contributed by atoms with E-state index >= 15 is 0 Å². The third kappa shape index (κ3) is 31.9. The first-order valence-electron chi connectivity index (χ1n) is 32.5. The summed E-state index contributed by atoms with van der Waals surface area (Å²) in [5.74, 6) is -6.04. The summed E-state index contributed by atoms with van der Waals surface area (Å²) in [6.45, 7) is 33.7. The molecule has 7 atom stereocenters. The smallest absolute Gasteiger partial charge is 0.350 e. The summed E-state index contributed by atoms with van der Waals surface area (Å²) in [5.41, 5.74) is -3.02. The molecule has 548 valence electrons. The van der Waals surface area contributed by atoms with E-state index in [1.54, 1.807) is 58.3 Å². The number of ether oxygens (including phenoxy) is 10. The van der Waals surface area contributed by atoms with Crippen LogP contribution in [-0.4, -0.2) is 123 Å². The van der Waals surface area contributed by atoms with Crippen molar-refractivity contribution >= 4 is 57.5 Å². The molecule has 4 aromatic rings. The van der Waals surface area contributed by atoms with E-state index in [4.69, 9.17) is 47.7 Å². The predicted octanol–water partition coefficient (Wildman–Crippen LogP) is 15.1. The molecule has 0 aliphatic carbocycles. The Hall–Kier alpha value is -8.25. The topological polar surface area (TPSA) is 252 Å². The number of alkyl halides is 3. The van der Waals surface area contributed by atoms with Crippen molar-refractivity contribution in [3.05, 3.63) is 219 Å². The molecule has 0 aromatic heterocycles. The van der Waals surface area contributed by atoms with Gasteiger partial charge in [0.2, 0.25) is 11.9 Å². The monoisotopic (exact) mass is 1460 g/mol. The van der Waals surface area contributed by atoms with Gasteiger partial charge in [-0.3, -0.25) is 4.79 Å². The number of halogens is 3. The van der Waals surface area contributed by atoms with Crippen molar-refractivity contribution in [1.29, 1.82) is 0 Å². The summed E-state index contributed by atoms with van der Waals surface area (Å²) in [7, 11) is 0. The first-order chi connectivity index (χ1) is 47.1. The van der Waals surface area contributed by atoms with Crippen LogP contribution >= 0.6 is 15.9 Å². The van der Waals surface area contributed by atoms with Gasteiger partial charge in [-0.05, 0) is 89.1 Å². The SMILES string of the molecule is C=CCBr.C=CCO[C@](C)(CC=C)C(=O)OCc1ccccc1.C=CC[C@@](C)(O)C(=O)OCc1ccccc1.C=CC[C@@]1(C)O[C@H](C(C)(C)C)OC1=O.C[C@]1(C(=O)O)CCC(F)(F)CO1.C[C@]1(C(=O)OCc2ccccc2)CCC(=O)CO1.C[C@]1(C(=O)OCc2ccccc2)CCC=CO1. The van der Waals surface area contributed by atoms with Crippen LogP contribution in [0.15, 0.2) is 197 Å². The van der Waals surface area contributed by atoms with E-state index in [1.807, 2.05) is 148 Å². The van der Waals surface area contributed by atoms with Crippen LogP contribution in [0.3, 0.4) is 0 Å². The van der Waals surface area contributed by atoms with Crippen molar-refractivity contribution in [1.82, 2.24) is 0 Å². The Labute approximate surface area is 596 Å². The van der Waals surface area contributed by atoms with Gasteiger partial charge >= 0.3 is 35.8 Å². The number of carbonyl (C=O) groups is 7. The van der Waals surface area contributed by atoms with Crippen LogP contribution in [0.2, 0.25) is 0 Å². The van der Waals surface area contributed by atoms with Crippen molar-refractivity contribution in [2.24, 2.45) is 5.41 Å². The molecule has 4 heterocycles. The maximum Gasteiger partial charge on any atom is 0.350 e. The summed E-state index contributed by atoms with van der Waals surface area (Å²) in [5, 5.41) is 19.2. The second-order valence-corrected chi connectivity index (χ2v) is 26.4. The highest BCUT2D eigenvalue weighted by atomic mass is 79.9. The standard InChI is InChI=1S/C16H20O3.C14H16O4.C14H16O3.C13H16O3.C11H18O3.C7H10F2O3.C3H5Br/c1-4-11-16(3,19-12-5-2)15(17)18-13-14-9-7-6-8-10-14;1-14(8-7-12(15)10-18-14)13(16)17-9-11-5-3-2-4-6-11;1-14(9-5-6-10-17-14)13(15)16-11-12-7-3-2-4-8-12;1-3-9-13(2,15)12(14)16-10-11-7-5-4-6-8-11;1-6-7-11(5)8(12)13-9(14-11)10(2,3)4;1-6(5(10)11)2-3-7(8,9)4-12-6;1-2-3-4/h4-10H,1-2,11-13H2,3H3;2-6H,7-10H2,1H3;2-4,6-8,10H,5,9,11H2,1H3;3-8,15H,1,9-10H2,2H3;6,9H,1,7H2,2-5H3;2-4H2,1H3,(H,10,11);2H,1,3H2/t16-;2*14-;13-;9-,11-;6-;/m111111./s1. The molecule has 100 heavy (non-hydrogen) atoms. The van der Waals surface area contributed by atoms with Crippen LogP contribution in [-0.2, 0) is 107 Å². The second-order valence-electron chi connectivity index (χ2n) is 25.7. The molecule has 22 heteroatoms. The number of Topliss-reactive ketones (excluding diaryl/α,β-unsaturated/α-hetero) is 1. The molecule has 4 aliphatic heterocycles. The molecular formula is C78H101BrF2O19. The Morgan fingerprint density at radius 1 is 0.600 bits per heavy atom. The first kappa shape index (κ1) is 87.8. The van der Waals surface area contributed by atoms with Crippen molar-refractivity contribution in [3.63, 3.8) is 0 Å². The van der Waals surface area contributed by atoms with Gasteiger partial charge < -0.3 is 57.6 Å². The fourth-order valence-electron chi connectivity index (χ4n) is 8.64. The number of cyclic esters (lactones) is 1. The summed E-state index contributed by atoms with van der Waals surface area (Å²) in [6, 6.07) is 38.0. The van der Waals surface area contributed by atoms with Gasteiger partial charge in [-0.1, -0.05) is 188 Å². The number of hydrogen-bond donors (Lipinski definition) is 2. The number of aliphatic hydroxyl groups is 1. The number of allylic oxidation sites excluding steroid dienone is 2. The van der Waals surface area contributed by atoms with Crippen molar-refractivity contribution in [3.8, 4) is 0 Å².